The Bertz CT molecular complexity index is 644. The van der Waals surface area contributed by atoms with Gasteiger partial charge in [0.2, 0.25) is 0 Å². The quantitative estimate of drug-likeness (QED) is 0.781. The Morgan fingerprint density at radius 2 is 1.73 bits per heavy atom. The van der Waals surface area contributed by atoms with Crippen LogP contribution in [-0.4, -0.2) is 34.1 Å². The van der Waals surface area contributed by atoms with Crippen LogP contribution in [0.15, 0.2) is 30.3 Å². The number of benzene rings is 1. The van der Waals surface area contributed by atoms with E-state index in [1.807, 2.05) is 30.3 Å². The number of esters is 1. The molecule has 1 heterocycles. The first kappa shape index (κ1) is 18.2. The van der Waals surface area contributed by atoms with E-state index < -0.39 is 0 Å². The molecule has 26 heavy (non-hydrogen) atoms. The number of rotatable bonds is 4. The summed E-state index contributed by atoms with van der Waals surface area (Å²) in [7, 11) is 0. The molecule has 3 fully saturated rings. The van der Waals surface area contributed by atoms with Crippen molar-refractivity contribution in [3.8, 4) is 0 Å². The Kier molecular flexibility index (Phi) is 5.50. The average Bonchev–Trinajstić information content (AvgIpc) is 3.10. The summed E-state index contributed by atoms with van der Waals surface area (Å²) in [5.41, 5.74) is 0.720. The van der Waals surface area contributed by atoms with Crippen LogP contribution in [0, 0.1) is 17.8 Å². The lowest BCUT2D eigenvalue weighted by Crippen LogP contribution is -2.48. The zero-order valence-corrected chi connectivity index (χ0v) is 16.4. The maximum atomic E-state index is 12.6. The largest absolute Gasteiger partial charge is 0.455 e. The highest BCUT2D eigenvalue weighted by Crippen LogP contribution is 2.64. The van der Waals surface area contributed by atoms with E-state index in [4.69, 9.17) is 4.74 Å². The van der Waals surface area contributed by atoms with Gasteiger partial charge in [-0.25, -0.2) is 0 Å². The van der Waals surface area contributed by atoms with Crippen molar-refractivity contribution in [3.05, 3.63) is 30.3 Å². The van der Waals surface area contributed by atoms with Crippen LogP contribution < -0.4 is 5.32 Å². The van der Waals surface area contributed by atoms with Crippen LogP contribution in [-0.2, 0) is 14.3 Å². The summed E-state index contributed by atoms with van der Waals surface area (Å²) in [5, 5.41) is 2.76. The van der Waals surface area contributed by atoms with Crippen molar-refractivity contribution in [3.63, 3.8) is 0 Å². The molecule has 1 aliphatic heterocycles. The van der Waals surface area contributed by atoms with Crippen LogP contribution >= 0.6 is 23.5 Å². The number of nitrogens with one attached hydrogen (secondary N) is 1. The zero-order valence-electron chi connectivity index (χ0n) is 14.8. The Labute approximate surface area is 163 Å². The molecule has 1 spiro atoms. The molecular weight excluding hydrogens is 366 g/mol. The van der Waals surface area contributed by atoms with Crippen molar-refractivity contribution < 1.29 is 14.3 Å². The van der Waals surface area contributed by atoms with Gasteiger partial charge in [-0.1, -0.05) is 24.6 Å². The molecule has 2 atom stereocenters. The normalized spacial score (nSPS) is 29.3. The Morgan fingerprint density at radius 3 is 2.38 bits per heavy atom. The van der Waals surface area contributed by atoms with Crippen molar-refractivity contribution in [1.82, 2.24) is 0 Å². The molecule has 4 rings (SSSR count). The van der Waals surface area contributed by atoms with Crippen LogP contribution in [0.4, 0.5) is 5.69 Å². The standard InChI is InChI=1S/C20H25NO3S2/c22-18(21-17-7-2-1-3-8-17)13-24-19(23)14-11-15-5-4-6-16(12-14)20(15)25-9-10-26-20/h1-3,7-8,14-16H,4-6,9-13H2,(H,21,22)/t15-,16-/m1/s1. The monoisotopic (exact) mass is 391 g/mol. The maximum Gasteiger partial charge on any atom is 0.309 e. The SMILES string of the molecule is O=C(COC(=O)C1C[C@H]2CCC[C@H](C1)C21SCCS1)Nc1ccccc1. The first-order valence-corrected chi connectivity index (χ1v) is 11.4. The molecule has 0 aromatic heterocycles. The molecule has 1 aromatic carbocycles. The van der Waals surface area contributed by atoms with Gasteiger partial charge in [0, 0.05) is 17.2 Å². The molecule has 2 bridgehead atoms. The first-order valence-electron chi connectivity index (χ1n) is 9.47. The van der Waals surface area contributed by atoms with E-state index in [0.717, 1.165) is 18.5 Å². The molecular formula is C20H25NO3S2. The van der Waals surface area contributed by atoms with Crippen LogP contribution in [0.2, 0.25) is 0 Å². The molecule has 2 aliphatic carbocycles. The van der Waals surface area contributed by atoms with E-state index in [1.54, 1.807) is 0 Å². The number of hydrogen-bond acceptors (Lipinski definition) is 5. The number of thioether (sulfide) groups is 2. The molecule has 0 radical (unpaired) electrons. The Morgan fingerprint density at radius 1 is 1.08 bits per heavy atom. The summed E-state index contributed by atoms with van der Waals surface area (Å²) >= 11 is 4.28. The lowest BCUT2D eigenvalue weighted by molar-refractivity contribution is -0.154. The fourth-order valence-electron chi connectivity index (χ4n) is 4.77. The minimum atomic E-state index is -0.279. The highest BCUT2D eigenvalue weighted by Gasteiger charge is 2.55. The lowest BCUT2D eigenvalue weighted by atomic mass is 9.67. The van der Waals surface area contributed by atoms with Gasteiger partial charge in [0.1, 0.15) is 0 Å². The van der Waals surface area contributed by atoms with Crippen LogP contribution in [0.25, 0.3) is 0 Å². The second-order valence-corrected chi connectivity index (χ2v) is 10.4. The maximum absolute atomic E-state index is 12.6. The van der Waals surface area contributed by atoms with Crippen molar-refractivity contribution in [2.45, 2.75) is 36.2 Å². The van der Waals surface area contributed by atoms with E-state index in [-0.39, 0.29) is 24.4 Å². The second kappa shape index (κ2) is 7.85. The topological polar surface area (TPSA) is 55.4 Å². The van der Waals surface area contributed by atoms with E-state index >= 15 is 0 Å². The Hall–Kier alpha value is -1.14. The number of anilines is 1. The molecule has 3 aliphatic rings. The molecule has 1 aromatic rings. The fraction of sp³-hybridized carbons (Fsp3) is 0.600. The van der Waals surface area contributed by atoms with Crippen molar-refractivity contribution in [1.29, 1.82) is 0 Å². The third-order valence-corrected chi connectivity index (χ3v) is 9.87. The number of carbonyl (C=O) groups is 2. The number of ether oxygens (including phenoxy) is 1. The lowest BCUT2D eigenvalue weighted by Gasteiger charge is -2.51. The summed E-state index contributed by atoms with van der Waals surface area (Å²) in [5.74, 6) is 3.21. The highest BCUT2D eigenvalue weighted by atomic mass is 32.2. The number of para-hydroxylation sites is 1. The summed E-state index contributed by atoms with van der Waals surface area (Å²) in [6, 6.07) is 9.24. The first-order chi connectivity index (χ1) is 12.7. The number of hydrogen-bond donors (Lipinski definition) is 1. The second-order valence-electron chi connectivity index (χ2n) is 7.43. The van der Waals surface area contributed by atoms with Gasteiger partial charge in [-0.15, -0.1) is 23.5 Å². The molecule has 1 amide bonds. The Balaban J connectivity index is 1.31. The van der Waals surface area contributed by atoms with Gasteiger partial charge in [0.05, 0.1) is 10.00 Å². The summed E-state index contributed by atoms with van der Waals surface area (Å²) in [4.78, 5) is 24.6. The predicted molar refractivity (Wildman–Crippen MR) is 107 cm³/mol. The van der Waals surface area contributed by atoms with Crippen LogP contribution in [0.1, 0.15) is 32.1 Å². The van der Waals surface area contributed by atoms with Crippen molar-refractivity contribution in [2.24, 2.45) is 17.8 Å². The van der Waals surface area contributed by atoms with Crippen molar-refractivity contribution >= 4 is 41.1 Å². The van der Waals surface area contributed by atoms with Gasteiger partial charge >= 0.3 is 5.97 Å². The fourth-order valence-corrected chi connectivity index (χ4v) is 8.71. The summed E-state index contributed by atoms with van der Waals surface area (Å²) in [6.07, 6.45) is 5.61. The highest BCUT2D eigenvalue weighted by molar-refractivity contribution is 8.21. The minimum Gasteiger partial charge on any atom is -0.455 e. The molecule has 1 N–H and O–H groups in total. The van der Waals surface area contributed by atoms with Crippen LogP contribution in [0.5, 0.6) is 0 Å². The smallest absolute Gasteiger partial charge is 0.309 e. The van der Waals surface area contributed by atoms with E-state index in [2.05, 4.69) is 28.8 Å². The van der Waals surface area contributed by atoms with Crippen LogP contribution in [0.3, 0.4) is 0 Å². The summed E-state index contributed by atoms with van der Waals surface area (Å²) in [6.45, 7) is -0.200. The molecule has 1 saturated heterocycles. The predicted octanol–water partition coefficient (Wildman–Crippen LogP) is 4.17. The van der Waals surface area contributed by atoms with E-state index in [0.29, 0.717) is 15.9 Å². The third kappa shape index (κ3) is 3.63. The van der Waals surface area contributed by atoms with Crippen molar-refractivity contribution in [2.75, 3.05) is 23.4 Å². The number of carbonyl (C=O) groups excluding carboxylic acids is 2. The molecule has 2 saturated carbocycles. The van der Waals surface area contributed by atoms with Gasteiger partial charge in [-0.05, 0) is 49.7 Å². The van der Waals surface area contributed by atoms with E-state index in [9.17, 15) is 9.59 Å². The third-order valence-electron chi connectivity index (χ3n) is 5.86. The van der Waals surface area contributed by atoms with Gasteiger partial charge in [0.15, 0.2) is 6.61 Å². The molecule has 4 nitrogen and oxygen atoms in total. The number of amides is 1. The summed E-state index contributed by atoms with van der Waals surface area (Å²) < 4.78 is 5.73. The van der Waals surface area contributed by atoms with Gasteiger partial charge in [0.25, 0.3) is 5.91 Å². The molecule has 140 valence electrons. The minimum absolute atomic E-state index is 0.0396. The molecule has 6 heteroatoms. The average molecular weight is 392 g/mol. The molecule has 0 unspecified atom stereocenters. The van der Waals surface area contributed by atoms with Gasteiger partial charge in [-0.2, -0.15) is 0 Å². The zero-order chi connectivity index (χ0) is 18.0. The van der Waals surface area contributed by atoms with Gasteiger partial charge in [-0.3, -0.25) is 9.59 Å². The van der Waals surface area contributed by atoms with Gasteiger partial charge < -0.3 is 10.1 Å². The van der Waals surface area contributed by atoms with E-state index in [1.165, 1.54) is 30.8 Å².